The number of halogens is 6. The van der Waals surface area contributed by atoms with Crippen molar-refractivity contribution in [2.75, 3.05) is 61.3 Å². The molecule has 0 radical (unpaired) electrons. The van der Waals surface area contributed by atoms with Gasteiger partial charge in [0.25, 0.3) is 23.6 Å². The molecule has 0 aliphatic carbocycles. The molecule has 12 aromatic rings. The Bertz CT molecular complexity index is 6400. The Morgan fingerprint density at radius 2 is 0.583 bits per heavy atom. The highest BCUT2D eigenvalue weighted by Gasteiger charge is 2.38. The summed E-state index contributed by atoms with van der Waals surface area (Å²) in [6.07, 6.45) is 7.20. The minimum atomic E-state index is -0.365. The second-order valence-corrected chi connectivity index (χ2v) is 34.5. The number of carbonyl (C=O) groups is 16. The molecule has 41 heteroatoms. The zero-order valence-corrected chi connectivity index (χ0v) is 79.0. The third-order valence-electron chi connectivity index (χ3n) is 20.7. The Morgan fingerprint density at radius 1 is 0.309 bits per heavy atom. The molecule has 139 heavy (non-hydrogen) atoms. The van der Waals surface area contributed by atoms with E-state index in [0.717, 1.165) is 51.5 Å². The van der Waals surface area contributed by atoms with Crippen LogP contribution in [0.15, 0.2) is 236 Å². The number of benzene rings is 7. The van der Waals surface area contributed by atoms with Gasteiger partial charge in [-0.25, -0.2) is 49.3 Å². The third-order valence-corrected chi connectivity index (χ3v) is 24.0. The molecule has 0 atom stereocenters. The summed E-state index contributed by atoms with van der Waals surface area (Å²) < 4.78 is 0. The molecule has 5 aromatic heterocycles. The van der Waals surface area contributed by atoms with E-state index in [2.05, 4.69) is 70.0 Å². The first-order valence-electron chi connectivity index (χ1n) is 41.9. The summed E-state index contributed by atoms with van der Waals surface area (Å²) in [5.41, 5.74) is 12.3. The Labute approximate surface area is 832 Å². The molecule has 16 amide bonds. The van der Waals surface area contributed by atoms with Gasteiger partial charge in [0, 0.05) is 163 Å². The third kappa shape index (κ3) is 25.9. The van der Waals surface area contributed by atoms with E-state index in [4.69, 9.17) is 69.6 Å². The van der Waals surface area contributed by atoms with Crippen LogP contribution in [0.5, 0.6) is 0 Å². The summed E-state index contributed by atoms with van der Waals surface area (Å²) in [6.45, 7) is 11.4. The molecule has 0 saturated carbocycles. The molecule has 11 heterocycles. The molecule has 18 rings (SSSR count). The zero-order valence-electron chi connectivity index (χ0n) is 72.8. The van der Waals surface area contributed by atoms with E-state index < -0.39 is 0 Å². The van der Waals surface area contributed by atoms with Gasteiger partial charge in [-0.2, -0.15) is 0 Å². The minimum Gasteiger partial charge on any atom is -0.354 e. The quantitative estimate of drug-likeness (QED) is 0.0386. The summed E-state index contributed by atoms with van der Waals surface area (Å²) >= 11 is 40.1. The molecule has 708 valence electrons. The molecule has 7 aromatic carbocycles. The Balaban J connectivity index is 0.000000149. The van der Waals surface area contributed by atoms with Gasteiger partial charge in [-0.05, 0) is 172 Å². The highest BCUT2D eigenvalue weighted by molar-refractivity contribution is 7.10. The van der Waals surface area contributed by atoms with Crippen LogP contribution in [0.2, 0.25) is 30.1 Å². The van der Waals surface area contributed by atoms with Crippen molar-refractivity contribution in [2.24, 2.45) is 0 Å². The van der Waals surface area contributed by atoms with Crippen molar-refractivity contribution in [3.8, 4) is 0 Å². The largest absolute Gasteiger partial charge is 0.354 e. The number of thiazole rings is 2. The van der Waals surface area contributed by atoms with Gasteiger partial charge >= 0.3 is 0 Å². The van der Waals surface area contributed by atoms with Crippen LogP contribution in [0, 0.1) is 13.8 Å². The maximum Gasteiger partial charge on any atom is 0.274 e. The van der Waals surface area contributed by atoms with Crippen molar-refractivity contribution in [1.29, 1.82) is 0 Å². The van der Waals surface area contributed by atoms with Gasteiger partial charge in [-0.15, -0.1) is 22.7 Å². The highest BCUT2D eigenvalue weighted by atomic mass is 35.5. The fraction of sp³-hybridized carbons (Fsp3) is 0.153. The molecule has 6 N–H and O–H groups in total. The van der Waals surface area contributed by atoms with E-state index in [1.807, 2.05) is 16.8 Å². The van der Waals surface area contributed by atoms with Crippen molar-refractivity contribution >= 4 is 266 Å². The Kier molecular flexibility index (Phi) is 34.8. The van der Waals surface area contributed by atoms with Crippen LogP contribution in [-0.2, 0) is 57.5 Å². The van der Waals surface area contributed by atoms with Crippen LogP contribution in [0.3, 0.4) is 0 Å². The van der Waals surface area contributed by atoms with Crippen molar-refractivity contribution in [1.82, 2.24) is 24.9 Å². The van der Waals surface area contributed by atoms with Crippen LogP contribution in [-0.4, -0.2) is 119 Å². The first kappa shape index (κ1) is 103. The zero-order chi connectivity index (χ0) is 98.7. The molecule has 0 spiro atoms. The van der Waals surface area contributed by atoms with Gasteiger partial charge in [0.2, 0.25) is 70.9 Å². The smallest absolute Gasteiger partial charge is 0.274 e. The first-order valence-corrected chi connectivity index (χ1v) is 45.9. The van der Waals surface area contributed by atoms with E-state index in [-0.39, 0.29) is 199 Å². The first-order chi connectivity index (χ1) is 66.1. The summed E-state index contributed by atoms with van der Waals surface area (Å²) in [4.78, 5) is 217. The monoisotopic (exact) mass is 2030 g/mol. The number of aromatic nitrogens is 5. The molecule has 33 nitrogen and oxygen atoms in total. The van der Waals surface area contributed by atoms with Gasteiger partial charge in [0.05, 0.1) is 86.9 Å². The number of aryl methyl sites for hydroxylation is 2. The lowest BCUT2D eigenvalue weighted by Gasteiger charge is -2.17. The minimum absolute atomic E-state index is 0. The van der Waals surface area contributed by atoms with Gasteiger partial charge in [0.15, 0.2) is 0 Å². The van der Waals surface area contributed by atoms with E-state index in [9.17, 15) is 76.7 Å². The number of nitrogens with zero attached hydrogens (tertiary/aromatic N) is 11. The van der Waals surface area contributed by atoms with Crippen molar-refractivity contribution < 1.29 is 76.7 Å². The lowest BCUT2D eigenvalue weighted by molar-refractivity contribution is -0.122. The van der Waals surface area contributed by atoms with Gasteiger partial charge in [-0.3, -0.25) is 81.7 Å². The van der Waals surface area contributed by atoms with E-state index in [0.29, 0.717) is 112 Å². The number of anilines is 12. The van der Waals surface area contributed by atoms with E-state index in [1.165, 1.54) is 59.3 Å². The summed E-state index contributed by atoms with van der Waals surface area (Å²) in [5.74, 6) is -4.36. The van der Waals surface area contributed by atoms with Crippen LogP contribution in [0.1, 0.15) is 148 Å². The molecule has 6 fully saturated rings. The van der Waals surface area contributed by atoms with Gasteiger partial charge in [0.1, 0.15) is 16.4 Å². The lowest BCUT2D eigenvalue weighted by Crippen LogP contribution is -2.28. The van der Waals surface area contributed by atoms with E-state index >= 15 is 0 Å². The highest BCUT2D eigenvalue weighted by Crippen LogP contribution is 2.40. The number of rotatable bonds is 20. The standard InChI is InChI=1S/2C17H14ClN3O3.C17H13ClN2O3.C16H12ClN3O3.2C15H12ClN3O2S.CH4/c2*1-10-3-2-4-13(19-10)17(24)20-11-5-6-14(12(18)9-11)21-15(22)7-8-16(21)23;18-13-10-12(19-17(23)11-4-2-1-3-5-11)6-7-14(13)20-15(21)8-9-16(20)22;17-12-9-11(19-16(23)10-5-7-18-8-6-10)1-2-13(12)20-14(21)3-4-15(20)22;1-9(12-7-22-8-17-12)18-10-2-3-13(11(16)6-10)19-14(20)4-5-15(19)21;1-9(15-17-6-7-22-15)18-10-2-3-12(11(16)8-10)19-13(20)4-5-14(19)21;/h2*2-6,9H,7-8H2,1H3,(H,20,24);1-7,10H,8-9H2,(H,19,23);1-2,5-9H,3-4H2,(H,19,23);2*2-3,6-8,18H,1,4-5H2;1H4. The van der Waals surface area contributed by atoms with Crippen molar-refractivity contribution in [2.45, 2.75) is 98.3 Å². The predicted molar refractivity (Wildman–Crippen MR) is 536 cm³/mol. The Hall–Kier alpha value is -15.2. The fourth-order valence-electron chi connectivity index (χ4n) is 14.1. The van der Waals surface area contributed by atoms with Crippen LogP contribution in [0.25, 0.3) is 11.4 Å². The molecule has 0 unspecified atom stereocenters. The van der Waals surface area contributed by atoms with Gasteiger partial charge < -0.3 is 31.9 Å². The maximum atomic E-state index is 12.2. The van der Waals surface area contributed by atoms with Gasteiger partial charge in [-0.1, -0.05) is 121 Å². The topological polar surface area (TPSA) is 429 Å². The molecular weight excluding hydrogens is 1950 g/mol. The number of hydrogen-bond donors (Lipinski definition) is 6. The number of amides is 16. The maximum absolute atomic E-state index is 12.2. The average Bonchev–Trinajstić information content (AvgIpc) is 1.75. The number of hydrogen-bond acceptors (Lipinski definition) is 25. The second kappa shape index (κ2) is 47.0. The van der Waals surface area contributed by atoms with Crippen molar-refractivity contribution in [3.05, 3.63) is 311 Å². The predicted octanol–water partition coefficient (Wildman–Crippen LogP) is 19.5. The number of nitrogens with one attached hydrogen (secondary N) is 6. The van der Waals surface area contributed by atoms with Crippen LogP contribution < -0.4 is 61.3 Å². The summed E-state index contributed by atoms with van der Waals surface area (Å²) in [5, 5.41) is 23.1. The molecular formula is C98H81Cl6N17O16S2. The van der Waals surface area contributed by atoms with E-state index in [1.54, 1.807) is 183 Å². The normalized spacial score (nSPS) is 14.2. The Morgan fingerprint density at radius 3 is 0.842 bits per heavy atom. The molecule has 6 aliphatic rings. The van der Waals surface area contributed by atoms with Crippen molar-refractivity contribution in [3.63, 3.8) is 0 Å². The number of pyridine rings is 3. The second-order valence-electron chi connectivity index (χ2n) is 30.4. The SMILES string of the molecule is C.C=C(Nc1ccc(N2C(=O)CCC2=O)c(Cl)c1)c1cscn1.C=C(Nc1ccc(N2C(=O)CCC2=O)c(Cl)c1)c1nccs1.Cc1cccc(C(=O)Nc2ccc(N3C(=O)CCC3=O)c(Cl)c2)n1.Cc1cccc(C(=O)Nc2ccc(N3C(=O)CCC3=O)c(Cl)c2)n1.O=C(Nc1ccc(N2C(=O)CCC2=O)c(Cl)c1)c1ccccc1.O=C(Nc1ccc(N2C(=O)CCC2=O)c(Cl)c1)c1ccncc1. The van der Waals surface area contributed by atoms with Crippen LogP contribution >= 0.6 is 92.3 Å². The molecule has 0 bridgehead atoms. The average molecular weight is 2030 g/mol. The lowest BCUT2D eigenvalue weighted by atomic mass is 10.2. The molecule has 6 aliphatic heterocycles. The summed E-state index contributed by atoms with van der Waals surface area (Å²) in [7, 11) is 0. The molecule has 6 saturated heterocycles. The number of carbonyl (C=O) groups excluding carboxylic acids is 16. The summed E-state index contributed by atoms with van der Waals surface area (Å²) in [6, 6.07) is 51.0. The fourth-order valence-corrected chi connectivity index (χ4v) is 16.8. The van der Waals surface area contributed by atoms with Crippen LogP contribution in [0.4, 0.5) is 68.2 Å². The number of imide groups is 6.